The van der Waals surface area contributed by atoms with Crippen molar-refractivity contribution in [1.29, 1.82) is 0 Å². The van der Waals surface area contributed by atoms with Gasteiger partial charge in [-0.15, -0.1) is 0 Å². The average Bonchev–Trinajstić information content (AvgIpc) is 2.71. The third-order valence-electron chi connectivity index (χ3n) is 4.38. The zero-order valence-electron chi connectivity index (χ0n) is 14.2. The summed E-state index contributed by atoms with van der Waals surface area (Å²) in [5.41, 5.74) is 2.65. The Kier molecular flexibility index (Phi) is 4.44. The number of rotatable bonds is 4. The normalized spacial score (nSPS) is 12.5. The third-order valence-corrected chi connectivity index (χ3v) is 4.38. The molecule has 0 amide bonds. The van der Waals surface area contributed by atoms with E-state index < -0.39 is 0 Å². The molecule has 0 unspecified atom stereocenters. The fraction of sp³-hybridized carbons (Fsp3) is 0.0435. The van der Waals surface area contributed by atoms with Gasteiger partial charge in [-0.2, -0.15) is 0 Å². The van der Waals surface area contributed by atoms with Crippen LogP contribution < -0.4 is 0 Å². The van der Waals surface area contributed by atoms with Crippen molar-refractivity contribution in [3.8, 4) is 5.75 Å². The Morgan fingerprint density at radius 1 is 0.808 bits per heavy atom. The first-order chi connectivity index (χ1) is 12.8. The predicted molar refractivity (Wildman–Crippen MR) is 106 cm³/mol. The Bertz CT molecular complexity index is 1000. The first-order valence-corrected chi connectivity index (χ1v) is 8.53. The number of aromatic hydroxyl groups is 1. The van der Waals surface area contributed by atoms with Crippen molar-refractivity contribution in [2.24, 2.45) is 4.99 Å². The maximum atomic E-state index is 10.4. The average molecular weight is 338 g/mol. The quantitative estimate of drug-likeness (QED) is 0.523. The topological polar surface area (TPSA) is 45.5 Å². The number of phenols is 1. The van der Waals surface area contributed by atoms with Crippen LogP contribution in [0.5, 0.6) is 5.75 Å². The Morgan fingerprint density at radius 2 is 1.58 bits per heavy atom. The first kappa shape index (κ1) is 16.0. The summed E-state index contributed by atoms with van der Waals surface area (Å²) in [7, 11) is 0. The molecule has 3 nitrogen and oxygen atoms in total. The Hall–Kier alpha value is -3.46. The number of nitrogens with zero attached hydrogens (tertiary/aromatic N) is 2. The van der Waals surface area contributed by atoms with E-state index in [-0.39, 0.29) is 11.8 Å². The second kappa shape index (κ2) is 7.19. The van der Waals surface area contributed by atoms with Crippen LogP contribution >= 0.6 is 0 Å². The number of benzene rings is 3. The molecule has 1 aromatic heterocycles. The Morgan fingerprint density at radius 3 is 2.38 bits per heavy atom. The smallest absolute Gasteiger partial charge is 0.124 e. The fourth-order valence-corrected chi connectivity index (χ4v) is 3.08. The van der Waals surface area contributed by atoms with E-state index >= 15 is 0 Å². The van der Waals surface area contributed by atoms with E-state index in [1.165, 1.54) is 0 Å². The summed E-state index contributed by atoms with van der Waals surface area (Å²) in [5.74, 6) is 0.222. The zero-order valence-corrected chi connectivity index (χ0v) is 14.2. The van der Waals surface area contributed by atoms with E-state index in [4.69, 9.17) is 4.99 Å². The van der Waals surface area contributed by atoms with E-state index in [0.29, 0.717) is 0 Å². The lowest BCUT2D eigenvalue weighted by Gasteiger charge is -2.13. The van der Waals surface area contributed by atoms with Gasteiger partial charge in [-0.25, -0.2) is 0 Å². The molecule has 0 radical (unpaired) electrons. The van der Waals surface area contributed by atoms with Crippen LogP contribution in [0.1, 0.15) is 22.9 Å². The van der Waals surface area contributed by atoms with E-state index in [1.54, 1.807) is 18.5 Å². The van der Waals surface area contributed by atoms with Crippen molar-refractivity contribution < 1.29 is 5.11 Å². The minimum absolute atomic E-state index is 0.222. The van der Waals surface area contributed by atoms with E-state index in [1.807, 2.05) is 78.9 Å². The number of fused-ring (bicyclic) bond motifs is 1. The van der Waals surface area contributed by atoms with E-state index in [0.717, 1.165) is 27.6 Å². The van der Waals surface area contributed by atoms with Gasteiger partial charge in [0, 0.05) is 18.0 Å². The highest BCUT2D eigenvalue weighted by molar-refractivity contribution is 6.02. The number of pyridine rings is 1. The minimum Gasteiger partial charge on any atom is -0.507 e. The first-order valence-electron chi connectivity index (χ1n) is 8.53. The second-order valence-corrected chi connectivity index (χ2v) is 6.07. The van der Waals surface area contributed by atoms with Gasteiger partial charge < -0.3 is 5.11 Å². The van der Waals surface area contributed by atoms with Crippen molar-refractivity contribution in [2.45, 2.75) is 6.04 Å². The lowest BCUT2D eigenvalue weighted by atomic mass is 10.0. The summed E-state index contributed by atoms with van der Waals surface area (Å²) in [6.45, 7) is 0. The molecule has 1 atom stereocenters. The molecule has 0 spiro atoms. The summed E-state index contributed by atoms with van der Waals surface area (Å²) < 4.78 is 0. The molecule has 0 saturated carbocycles. The molecule has 0 aliphatic carbocycles. The molecule has 4 aromatic rings. The highest BCUT2D eigenvalue weighted by atomic mass is 16.3. The van der Waals surface area contributed by atoms with Gasteiger partial charge in [0.05, 0.1) is 5.69 Å². The molecule has 4 rings (SSSR count). The highest BCUT2D eigenvalue weighted by Crippen LogP contribution is 2.28. The monoisotopic (exact) mass is 338 g/mol. The number of phenolic OH excluding ortho intramolecular Hbond substituents is 1. The Labute approximate surface area is 152 Å². The van der Waals surface area contributed by atoms with Crippen LogP contribution in [0.2, 0.25) is 0 Å². The maximum Gasteiger partial charge on any atom is 0.124 e. The molecule has 0 aliphatic heterocycles. The van der Waals surface area contributed by atoms with Crippen molar-refractivity contribution in [1.82, 2.24) is 4.98 Å². The maximum absolute atomic E-state index is 10.4. The molecule has 26 heavy (non-hydrogen) atoms. The number of aromatic nitrogens is 1. The second-order valence-electron chi connectivity index (χ2n) is 6.07. The van der Waals surface area contributed by atoms with Gasteiger partial charge in [0.2, 0.25) is 0 Å². The van der Waals surface area contributed by atoms with Gasteiger partial charge in [-0.1, -0.05) is 66.7 Å². The van der Waals surface area contributed by atoms with Crippen LogP contribution in [-0.4, -0.2) is 16.3 Å². The zero-order chi connectivity index (χ0) is 17.8. The number of hydrogen-bond donors (Lipinski definition) is 1. The van der Waals surface area contributed by atoms with Gasteiger partial charge in [-0.3, -0.25) is 9.98 Å². The molecule has 1 N–H and O–H groups in total. The molecule has 3 heteroatoms. The van der Waals surface area contributed by atoms with Crippen LogP contribution in [0.25, 0.3) is 10.8 Å². The summed E-state index contributed by atoms with van der Waals surface area (Å²) >= 11 is 0. The summed E-state index contributed by atoms with van der Waals surface area (Å²) in [4.78, 5) is 9.27. The van der Waals surface area contributed by atoms with Crippen LogP contribution in [-0.2, 0) is 0 Å². The SMILES string of the molecule is Oc1ccc2ccccc2c1C=N[C@H](c1ccccc1)c1ccccn1. The summed E-state index contributed by atoms with van der Waals surface area (Å²) in [5, 5.41) is 12.4. The molecule has 0 bridgehead atoms. The van der Waals surface area contributed by atoms with Gasteiger partial charge in [0.1, 0.15) is 11.8 Å². The van der Waals surface area contributed by atoms with Crippen molar-refractivity contribution in [3.05, 3.63) is 108 Å². The summed E-state index contributed by atoms with van der Waals surface area (Å²) in [6.07, 6.45) is 3.53. The van der Waals surface area contributed by atoms with Crippen LogP contribution in [0, 0.1) is 0 Å². The van der Waals surface area contributed by atoms with Crippen LogP contribution in [0.3, 0.4) is 0 Å². The number of aliphatic imine (C=N–C) groups is 1. The molecular formula is C23H18N2O. The van der Waals surface area contributed by atoms with E-state index in [9.17, 15) is 5.11 Å². The fourth-order valence-electron chi connectivity index (χ4n) is 3.08. The predicted octanol–water partition coefficient (Wildman–Crippen LogP) is 5.15. The third kappa shape index (κ3) is 3.20. The van der Waals surface area contributed by atoms with Gasteiger partial charge in [-0.05, 0) is 34.5 Å². The molecule has 3 aromatic carbocycles. The molecule has 0 aliphatic rings. The van der Waals surface area contributed by atoms with Crippen molar-refractivity contribution in [3.63, 3.8) is 0 Å². The van der Waals surface area contributed by atoms with Gasteiger partial charge >= 0.3 is 0 Å². The van der Waals surface area contributed by atoms with E-state index in [2.05, 4.69) is 4.98 Å². The number of hydrogen-bond acceptors (Lipinski definition) is 3. The largest absolute Gasteiger partial charge is 0.507 e. The molecule has 0 saturated heterocycles. The van der Waals surface area contributed by atoms with Crippen molar-refractivity contribution >= 4 is 17.0 Å². The van der Waals surface area contributed by atoms with Gasteiger partial charge in [0.15, 0.2) is 0 Å². The lowest BCUT2D eigenvalue weighted by molar-refractivity contribution is 0.475. The standard InChI is InChI=1S/C23H18N2O/c26-22-14-13-17-8-4-5-11-19(17)20(22)16-25-23(18-9-2-1-3-10-18)21-12-6-7-15-24-21/h1-16,23,26H/t23-/m1/s1. The van der Waals surface area contributed by atoms with Crippen LogP contribution in [0.15, 0.2) is 96.1 Å². The molecule has 0 fully saturated rings. The minimum atomic E-state index is -0.226. The summed E-state index contributed by atoms with van der Waals surface area (Å²) in [6, 6.07) is 27.3. The highest BCUT2D eigenvalue weighted by Gasteiger charge is 2.14. The lowest BCUT2D eigenvalue weighted by Crippen LogP contribution is -2.01. The van der Waals surface area contributed by atoms with Crippen LogP contribution in [0.4, 0.5) is 0 Å². The van der Waals surface area contributed by atoms with Crippen molar-refractivity contribution in [2.75, 3.05) is 0 Å². The molecular weight excluding hydrogens is 320 g/mol. The van der Waals surface area contributed by atoms with Gasteiger partial charge in [0.25, 0.3) is 0 Å². The Balaban J connectivity index is 1.81. The molecule has 126 valence electrons. The molecule has 1 heterocycles.